The molecule has 1 aromatic carbocycles. The van der Waals surface area contributed by atoms with Crippen LogP contribution in [0.1, 0.15) is 38.3 Å². The average Bonchev–Trinajstić information content (AvgIpc) is 3.08. The summed E-state index contributed by atoms with van der Waals surface area (Å²) in [5, 5.41) is 0. The van der Waals surface area contributed by atoms with Gasteiger partial charge in [-0.15, -0.1) is 0 Å². The zero-order chi connectivity index (χ0) is 16.8. The predicted molar refractivity (Wildman–Crippen MR) is 89.1 cm³/mol. The van der Waals surface area contributed by atoms with Gasteiger partial charge in [0.1, 0.15) is 12.0 Å². The van der Waals surface area contributed by atoms with Crippen LogP contribution in [0.4, 0.5) is 0 Å². The van der Waals surface area contributed by atoms with Gasteiger partial charge in [0.2, 0.25) is 5.89 Å². The van der Waals surface area contributed by atoms with Crippen molar-refractivity contribution >= 4 is 5.97 Å². The van der Waals surface area contributed by atoms with Crippen molar-refractivity contribution < 1.29 is 18.7 Å². The van der Waals surface area contributed by atoms with Crippen LogP contribution in [0.15, 0.2) is 41.0 Å². The normalized spacial score (nSPS) is 20.7. The fraction of sp³-hybridized carbons (Fsp3) is 0.474. The summed E-state index contributed by atoms with van der Waals surface area (Å²) in [6.45, 7) is 2.39. The summed E-state index contributed by atoms with van der Waals surface area (Å²) in [4.78, 5) is 15.4. The Balaban J connectivity index is 1.49. The molecule has 2 unspecified atom stereocenters. The molecule has 3 rings (SSSR count). The minimum absolute atomic E-state index is 0.191. The third kappa shape index (κ3) is 4.68. The number of hydrogen-bond donors (Lipinski definition) is 0. The Morgan fingerprint density at radius 3 is 2.92 bits per heavy atom. The molecule has 0 bridgehead atoms. The second kappa shape index (κ2) is 8.11. The number of hydrogen-bond acceptors (Lipinski definition) is 5. The van der Waals surface area contributed by atoms with Gasteiger partial charge in [-0.05, 0) is 37.3 Å². The predicted octanol–water partition coefficient (Wildman–Crippen LogP) is 3.98. The molecule has 1 aliphatic rings. The van der Waals surface area contributed by atoms with Crippen molar-refractivity contribution in [1.82, 2.24) is 4.98 Å². The molecule has 0 saturated heterocycles. The van der Waals surface area contributed by atoms with Crippen LogP contribution >= 0.6 is 0 Å². The van der Waals surface area contributed by atoms with E-state index in [4.69, 9.17) is 13.9 Å². The third-order valence-electron chi connectivity index (χ3n) is 4.30. The molecule has 128 valence electrons. The minimum atomic E-state index is -0.214. The van der Waals surface area contributed by atoms with Gasteiger partial charge in [-0.1, -0.05) is 24.6 Å². The molecule has 24 heavy (non-hydrogen) atoms. The summed E-state index contributed by atoms with van der Waals surface area (Å²) in [5.74, 6) is 0.796. The highest BCUT2D eigenvalue weighted by Crippen LogP contribution is 2.27. The maximum atomic E-state index is 10.9. The number of aromatic nitrogens is 1. The lowest BCUT2D eigenvalue weighted by Crippen LogP contribution is -2.26. The Morgan fingerprint density at radius 1 is 1.29 bits per heavy atom. The first-order valence-corrected chi connectivity index (χ1v) is 8.45. The zero-order valence-corrected chi connectivity index (χ0v) is 13.9. The number of carbonyl (C=O) groups excluding carboxylic acids is 1. The molecule has 2 aromatic rings. The number of rotatable bonds is 6. The lowest BCUT2D eigenvalue weighted by Gasteiger charge is -2.28. The van der Waals surface area contributed by atoms with Crippen molar-refractivity contribution in [2.75, 3.05) is 6.61 Å². The lowest BCUT2D eigenvalue weighted by molar-refractivity contribution is -0.143. The molecular weight excluding hydrogens is 306 g/mol. The number of esters is 1. The van der Waals surface area contributed by atoms with Crippen LogP contribution in [0.25, 0.3) is 11.5 Å². The Morgan fingerprint density at radius 2 is 2.12 bits per heavy atom. The molecule has 5 heteroatoms. The fourth-order valence-electron chi connectivity index (χ4n) is 3.07. The molecular formula is C19H23NO4. The molecule has 5 nitrogen and oxygen atoms in total. The Bertz CT molecular complexity index is 652. The summed E-state index contributed by atoms with van der Waals surface area (Å²) in [6, 6.07) is 9.82. The maximum Gasteiger partial charge on any atom is 0.302 e. The summed E-state index contributed by atoms with van der Waals surface area (Å²) in [5.41, 5.74) is 1.76. The smallest absolute Gasteiger partial charge is 0.302 e. The van der Waals surface area contributed by atoms with E-state index in [1.807, 2.05) is 30.3 Å². The van der Waals surface area contributed by atoms with E-state index in [9.17, 15) is 4.79 Å². The van der Waals surface area contributed by atoms with Crippen LogP contribution in [0.3, 0.4) is 0 Å². The molecule has 0 spiro atoms. The number of carbonyl (C=O) groups is 1. The van der Waals surface area contributed by atoms with Crippen LogP contribution in [0, 0.1) is 5.92 Å². The van der Waals surface area contributed by atoms with Crippen molar-refractivity contribution in [3.05, 3.63) is 42.3 Å². The van der Waals surface area contributed by atoms with Crippen molar-refractivity contribution in [2.24, 2.45) is 5.92 Å². The van der Waals surface area contributed by atoms with Crippen LogP contribution in [0.2, 0.25) is 0 Å². The van der Waals surface area contributed by atoms with E-state index in [1.165, 1.54) is 6.92 Å². The van der Waals surface area contributed by atoms with E-state index in [1.54, 1.807) is 6.26 Å². The van der Waals surface area contributed by atoms with Crippen LogP contribution in [-0.4, -0.2) is 23.7 Å². The molecule has 0 N–H and O–H groups in total. The molecule has 1 heterocycles. The second-order valence-electron chi connectivity index (χ2n) is 6.28. The maximum absolute atomic E-state index is 10.9. The third-order valence-corrected chi connectivity index (χ3v) is 4.30. The van der Waals surface area contributed by atoms with Gasteiger partial charge >= 0.3 is 5.97 Å². The minimum Gasteiger partial charge on any atom is -0.466 e. The molecule has 0 amide bonds. The van der Waals surface area contributed by atoms with Gasteiger partial charge in [-0.2, -0.15) is 0 Å². The van der Waals surface area contributed by atoms with E-state index in [-0.39, 0.29) is 12.1 Å². The van der Waals surface area contributed by atoms with Gasteiger partial charge in [0.15, 0.2) is 0 Å². The van der Waals surface area contributed by atoms with Crippen molar-refractivity contribution in [3.63, 3.8) is 0 Å². The lowest BCUT2D eigenvalue weighted by atomic mass is 9.88. The summed E-state index contributed by atoms with van der Waals surface area (Å²) < 4.78 is 16.6. The average molecular weight is 329 g/mol. The van der Waals surface area contributed by atoms with Crippen LogP contribution in [-0.2, 0) is 20.9 Å². The highest BCUT2D eigenvalue weighted by Gasteiger charge is 2.23. The van der Waals surface area contributed by atoms with Crippen LogP contribution < -0.4 is 0 Å². The highest BCUT2D eigenvalue weighted by molar-refractivity contribution is 5.65. The first-order chi connectivity index (χ1) is 11.7. The topological polar surface area (TPSA) is 61.6 Å². The van der Waals surface area contributed by atoms with Gasteiger partial charge in [0.05, 0.1) is 19.3 Å². The number of nitrogens with zero attached hydrogens (tertiary/aromatic N) is 1. The monoisotopic (exact) mass is 329 g/mol. The Hall–Kier alpha value is -2.14. The molecule has 1 fully saturated rings. The van der Waals surface area contributed by atoms with Gasteiger partial charge in [-0.3, -0.25) is 4.79 Å². The van der Waals surface area contributed by atoms with Gasteiger partial charge in [0, 0.05) is 12.5 Å². The summed E-state index contributed by atoms with van der Waals surface area (Å²) in [6.07, 6.45) is 6.01. The number of benzene rings is 1. The van der Waals surface area contributed by atoms with E-state index < -0.39 is 0 Å². The SMILES string of the molecule is CC(=O)OCC1CCCC(OCc2coc(-c3ccccc3)n2)C1. The fourth-order valence-corrected chi connectivity index (χ4v) is 3.07. The molecule has 1 saturated carbocycles. The first kappa shape index (κ1) is 16.7. The standard InChI is InChI=1S/C19H23NO4/c1-14(21)22-11-15-6-5-9-18(10-15)23-12-17-13-24-19(20-17)16-7-3-2-4-8-16/h2-4,7-8,13,15,18H,5-6,9-12H2,1H3. The molecule has 2 atom stereocenters. The van der Waals surface area contributed by atoms with E-state index in [0.29, 0.717) is 25.0 Å². The molecule has 0 radical (unpaired) electrons. The van der Waals surface area contributed by atoms with Crippen molar-refractivity contribution in [1.29, 1.82) is 0 Å². The zero-order valence-electron chi connectivity index (χ0n) is 13.9. The first-order valence-electron chi connectivity index (χ1n) is 8.45. The van der Waals surface area contributed by atoms with Gasteiger partial charge in [-0.25, -0.2) is 4.98 Å². The summed E-state index contributed by atoms with van der Waals surface area (Å²) >= 11 is 0. The molecule has 1 aromatic heterocycles. The van der Waals surface area contributed by atoms with Gasteiger partial charge in [0.25, 0.3) is 0 Å². The Labute approximate surface area is 142 Å². The van der Waals surface area contributed by atoms with Crippen molar-refractivity contribution in [2.45, 2.75) is 45.3 Å². The summed E-state index contributed by atoms with van der Waals surface area (Å²) in [7, 11) is 0. The van der Waals surface area contributed by atoms with Crippen molar-refractivity contribution in [3.8, 4) is 11.5 Å². The quantitative estimate of drug-likeness (QED) is 0.750. The second-order valence-corrected chi connectivity index (χ2v) is 6.28. The van der Waals surface area contributed by atoms with Crippen LogP contribution in [0.5, 0.6) is 0 Å². The molecule has 0 aliphatic heterocycles. The van der Waals surface area contributed by atoms with E-state index in [2.05, 4.69) is 4.98 Å². The van der Waals surface area contributed by atoms with Gasteiger partial charge < -0.3 is 13.9 Å². The van der Waals surface area contributed by atoms with E-state index >= 15 is 0 Å². The Kier molecular flexibility index (Phi) is 5.64. The largest absolute Gasteiger partial charge is 0.466 e. The van der Waals surface area contributed by atoms with E-state index in [0.717, 1.165) is 36.9 Å². The highest BCUT2D eigenvalue weighted by atomic mass is 16.5. The number of ether oxygens (including phenoxy) is 2. The molecule has 1 aliphatic carbocycles. The number of oxazole rings is 1.